The van der Waals surface area contributed by atoms with Gasteiger partial charge in [0, 0.05) is 17.8 Å². The van der Waals surface area contributed by atoms with Crippen molar-refractivity contribution in [3.8, 4) is 0 Å². The van der Waals surface area contributed by atoms with Crippen LogP contribution in [0.15, 0.2) is 24.1 Å². The smallest absolute Gasteiger partial charge is 0.270 e. The summed E-state index contributed by atoms with van der Waals surface area (Å²) in [5.41, 5.74) is 2.73. The minimum absolute atomic E-state index is 0.0323. The van der Waals surface area contributed by atoms with Gasteiger partial charge in [-0.2, -0.15) is 0 Å². The lowest BCUT2D eigenvalue weighted by molar-refractivity contribution is 0.0951. The molecule has 0 bridgehead atoms. The van der Waals surface area contributed by atoms with Gasteiger partial charge < -0.3 is 4.57 Å². The monoisotopic (exact) mass is 245 g/mol. The maximum atomic E-state index is 12.1. The number of nitrogens with two attached hydrogens (primary N) is 1. The molecule has 0 aromatic carbocycles. The zero-order valence-electron chi connectivity index (χ0n) is 9.98. The molecule has 1 heterocycles. The molecule has 1 fully saturated rings. The number of pyridine rings is 1. The molecule has 0 saturated heterocycles. The molecule has 1 aromatic heterocycles. The van der Waals surface area contributed by atoms with Crippen LogP contribution in [-0.2, 0) is 0 Å². The number of hydrazine groups is 1. The van der Waals surface area contributed by atoms with Crippen molar-refractivity contribution in [1.29, 1.82) is 0 Å². The van der Waals surface area contributed by atoms with Gasteiger partial charge in [-0.05, 0) is 18.9 Å². The van der Waals surface area contributed by atoms with Crippen molar-refractivity contribution in [1.82, 2.24) is 9.99 Å². The number of carbonyl (C=O) groups is 1. The van der Waals surface area contributed by atoms with Gasteiger partial charge in [0.1, 0.15) is 5.56 Å². The van der Waals surface area contributed by atoms with E-state index in [1.54, 1.807) is 12.3 Å². The van der Waals surface area contributed by atoms with E-state index < -0.39 is 5.91 Å². The van der Waals surface area contributed by atoms with E-state index in [0.717, 1.165) is 12.8 Å². The summed E-state index contributed by atoms with van der Waals surface area (Å²) >= 11 is 0. The molecule has 1 amide bonds. The Morgan fingerprint density at radius 3 is 2.56 bits per heavy atom. The summed E-state index contributed by atoms with van der Waals surface area (Å²) in [6.45, 7) is 7.34. The van der Waals surface area contributed by atoms with E-state index in [0.29, 0.717) is 17.3 Å². The number of amides is 1. The van der Waals surface area contributed by atoms with Gasteiger partial charge in [0.25, 0.3) is 5.91 Å². The van der Waals surface area contributed by atoms with Gasteiger partial charge in [0.15, 0.2) is 0 Å². The molecule has 2 rings (SSSR count). The highest BCUT2D eigenvalue weighted by atomic mass is 16.2. The van der Waals surface area contributed by atoms with Crippen LogP contribution in [0.1, 0.15) is 40.5 Å². The summed E-state index contributed by atoms with van der Waals surface area (Å²) in [6, 6.07) is 0.321. The first kappa shape index (κ1) is 12.3. The van der Waals surface area contributed by atoms with Crippen LogP contribution < -0.4 is 16.7 Å². The van der Waals surface area contributed by atoms with E-state index in [1.165, 1.54) is 6.08 Å². The SMILES string of the molecule is C=Cc1c(C=C)n(C2CC2)cc(C(=O)NN)c1=O. The summed E-state index contributed by atoms with van der Waals surface area (Å²) in [5, 5.41) is 0. The molecule has 0 unspecified atom stereocenters. The third-order valence-electron chi connectivity index (χ3n) is 3.03. The second-order valence-corrected chi connectivity index (χ2v) is 4.19. The molecule has 0 spiro atoms. The Morgan fingerprint density at radius 2 is 2.11 bits per heavy atom. The first-order valence-electron chi connectivity index (χ1n) is 5.69. The Balaban J connectivity index is 2.74. The number of nitrogens with one attached hydrogen (secondary N) is 1. The number of aromatic nitrogens is 1. The number of carbonyl (C=O) groups excluding carboxylic acids is 1. The van der Waals surface area contributed by atoms with Gasteiger partial charge >= 0.3 is 0 Å². The average Bonchev–Trinajstić information content (AvgIpc) is 3.21. The average molecular weight is 245 g/mol. The molecular formula is C13H15N3O2. The van der Waals surface area contributed by atoms with Gasteiger partial charge in [0.2, 0.25) is 5.43 Å². The quantitative estimate of drug-likeness (QED) is 0.473. The van der Waals surface area contributed by atoms with Crippen LogP contribution in [0.4, 0.5) is 0 Å². The minimum atomic E-state index is -0.590. The fourth-order valence-electron chi connectivity index (χ4n) is 1.97. The Morgan fingerprint density at radius 1 is 1.44 bits per heavy atom. The molecule has 1 aromatic rings. The molecule has 1 aliphatic rings. The fourth-order valence-corrected chi connectivity index (χ4v) is 1.97. The van der Waals surface area contributed by atoms with Crippen molar-refractivity contribution < 1.29 is 4.79 Å². The first-order valence-corrected chi connectivity index (χ1v) is 5.69. The van der Waals surface area contributed by atoms with Gasteiger partial charge in [-0.15, -0.1) is 0 Å². The van der Waals surface area contributed by atoms with Crippen molar-refractivity contribution >= 4 is 18.1 Å². The number of hydrogen-bond acceptors (Lipinski definition) is 3. The predicted octanol–water partition coefficient (Wildman–Crippen LogP) is 1.07. The number of nitrogen functional groups attached to an aromatic ring is 1. The highest BCUT2D eigenvalue weighted by Crippen LogP contribution is 2.36. The Kier molecular flexibility index (Phi) is 3.16. The molecule has 1 saturated carbocycles. The van der Waals surface area contributed by atoms with Gasteiger partial charge in [0.05, 0.1) is 5.69 Å². The molecule has 18 heavy (non-hydrogen) atoms. The van der Waals surface area contributed by atoms with E-state index in [1.807, 2.05) is 9.99 Å². The fraction of sp³-hybridized carbons (Fsp3) is 0.231. The number of nitrogens with zero attached hydrogens (tertiary/aromatic N) is 1. The lowest BCUT2D eigenvalue weighted by atomic mass is 10.1. The van der Waals surface area contributed by atoms with Crippen LogP contribution in [-0.4, -0.2) is 10.5 Å². The van der Waals surface area contributed by atoms with E-state index in [4.69, 9.17) is 5.84 Å². The molecule has 5 heteroatoms. The van der Waals surface area contributed by atoms with Crippen molar-refractivity contribution in [2.75, 3.05) is 0 Å². The van der Waals surface area contributed by atoms with Crippen molar-refractivity contribution in [3.05, 3.63) is 46.4 Å². The summed E-state index contributed by atoms with van der Waals surface area (Å²) < 4.78 is 1.90. The largest absolute Gasteiger partial charge is 0.343 e. The van der Waals surface area contributed by atoms with Crippen LogP contribution in [0.5, 0.6) is 0 Å². The summed E-state index contributed by atoms with van der Waals surface area (Å²) in [4.78, 5) is 23.7. The van der Waals surface area contributed by atoms with Crippen LogP contribution in [0.2, 0.25) is 0 Å². The second-order valence-electron chi connectivity index (χ2n) is 4.19. The molecular weight excluding hydrogens is 230 g/mol. The predicted molar refractivity (Wildman–Crippen MR) is 70.8 cm³/mol. The maximum absolute atomic E-state index is 12.1. The van der Waals surface area contributed by atoms with Crippen molar-refractivity contribution in [2.45, 2.75) is 18.9 Å². The van der Waals surface area contributed by atoms with Gasteiger partial charge in [-0.1, -0.05) is 19.2 Å². The Hall–Kier alpha value is -2.14. The topological polar surface area (TPSA) is 77.1 Å². The highest BCUT2D eigenvalue weighted by molar-refractivity contribution is 5.94. The third-order valence-corrected chi connectivity index (χ3v) is 3.03. The van der Waals surface area contributed by atoms with E-state index in [2.05, 4.69) is 13.2 Å². The standard InChI is InChI=1S/C13H15N3O2/c1-3-9-11(4-2)16(8-5-6-8)7-10(12(9)17)13(18)15-14/h3-4,7-8H,1-2,5-6,14H2,(H,15,18). The molecule has 1 aliphatic carbocycles. The van der Waals surface area contributed by atoms with Crippen LogP contribution in [0.25, 0.3) is 12.2 Å². The number of rotatable bonds is 4. The van der Waals surface area contributed by atoms with Gasteiger partial charge in [-0.25, -0.2) is 5.84 Å². The Labute approximate surface area is 105 Å². The zero-order valence-corrected chi connectivity index (χ0v) is 9.98. The van der Waals surface area contributed by atoms with E-state index in [-0.39, 0.29) is 11.0 Å². The molecule has 5 nitrogen and oxygen atoms in total. The van der Waals surface area contributed by atoms with E-state index in [9.17, 15) is 9.59 Å². The first-order chi connectivity index (χ1) is 8.63. The van der Waals surface area contributed by atoms with Crippen molar-refractivity contribution in [3.63, 3.8) is 0 Å². The molecule has 94 valence electrons. The lowest BCUT2D eigenvalue weighted by Crippen LogP contribution is -2.35. The zero-order chi connectivity index (χ0) is 13.3. The second kappa shape index (κ2) is 4.62. The summed E-state index contributed by atoms with van der Waals surface area (Å²) in [7, 11) is 0. The van der Waals surface area contributed by atoms with Crippen LogP contribution in [0, 0.1) is 0 Å². The normalized spacial score (nSPS) is 14.1. The third kappa shape index (κ3) is 1.89. The molecule has 0 aliphatic heterocycles. The lowest BCUT2D eigenvalue weighted by Gasteiger charge is -2.14. The maximum Gasteiger partial charge on any atom is 0.270 e. The molecule has 0 atom stereocenters. The summed E-state index contributed by atoms with van der Waals surface area (Å²) in [5.74, 6) is 4.49. The number of hydrogen-bond donors (Lipinski definition) is 2. The highest BCUT2D eigenvalue weighted by Gasteiger charge is 2.27. The van der Waals surface area contributed by atoms with E-state index >= 15 is 0 Å². The van der Waals surface area contributed by atoms with Gasteiger partial charge in [-0.3, -0.25) is 15.0 Å². The summed E-state index contributed by atoms with van der Waals surface area (Å²) in [6.07, 6.45) is 6.67. The Bertz CT molecular complexity index is 583. The molecule has 0 radical (unpaired) electrons. The van der Waals surface area contributed by atoms with Crippen LogP contribution >= 0.6 is 0 Å². The van der Waals surface area contributed by atoms with Crippen LogP contribution in [0.3, 0.4) is 0 Å². The molecule has 3 N–H and O–H groups in total. The van der Waals surface area contributed by atoms with Crippen molar-refractivity contribution in [2.24, 2.45) is 5.84 Å². The minimum Gasteiger partial charge on any atom is -0.343 e.